The third-order valence-corrected chi connectivity index (χ3v) is 3.83. The molecule has 0 aliphatic carbocycles. The molecule has 0 aliphatic heterocycles. The summed E-state index contributed by atoms with van der Waals surface area (Å²) < 4.78 is 11.6. The van der Waals surface area contributed by atoms with Crippen molar-refractivity contribution in [1.29, 1.82) is 0 Å². The molecule has 0 radical (unpaired) electrons. The van der Waals surface area contributed by atoms with Crippen LogP contribution in [0.5, 0.6) is 0 Å². The van der Waals surface area contributed by atoms with Gasteiger partial charge >= 0.3 is 0 Å². The lowest BCUT2D eigenvalue weighted by Crippen LogP contribution is -2.15. The van der Waals surface area contributed by atoms with Crippen molar-refractivity contribution in [3.63, 3.8) is 0 Å². The highest BCUT2D eigenvalue weighted by Gasteiger charge is 2.13. The summed E-state index contributed by atoms with van der Waals surface area (Å²) in [5.74, 6) is 0.480. The summed E-state index contributed by atoms with van der Waals surface area (Å²) >= 11 is 0. The first kappa shape index (κ1) is 14.5. The first-order chi connectivity index (χ1) is 8.40. The molecule has 0 N–H and O–H groups in total. The first-order valence-corrected chi connectivity index (χ1v) is 7.01. The number of rotatable bonds is 6. The molecule has 0 fully saturated rings. The summed E-state index contributed by atoms with van der Waals surface area (Å²) in [6.45, 7) is 3.88. The highest BCUT2D eigenvalue weighted by molar-refractivity contribution is 7.85. The average Bonchev–Trinajstić information content (AvgIpc) is 2.27. The highest BCUT2D eigenvalue weighted by Crippen LogP contribution is 2.12. The molecular weight excluding hydrogens is 254 g/mol. The second kappa shape index (κ2) is 6.39. The number of hydrogen-bond acceptors (Lipinski definition) is 4. The molecule has 0 saturated heterocycles. The van der Waals surface area contributed by atoms with Crippen molar-refractivity contribution in [1.82, 2.24) is 0 Å². The molecule has 1 aromatic rings. The van der Waals surface area contributed by atoms with Crippen molar-refractivity contribution in [2.24, 2.45) is 5.92 Å². The van der Waals surface area contributed by atoms with Crippen LogP contribution in [0.25, 0.3) is 0 Å². The molecule has 0 heterocycles. The zero-order valence-electron chi connectivity index (χ0n) is 10.3. The predicted octanol–water partition coefficient (Wildman–Crippen LogP) is 2.18. The molecule has 6 heteroatoms. The minimum atomic E-state index is -1.18. The number of carbonyl (C=O) groups excluding carboxylic acids is 1. The molecule has 0 saturated carbocycles. The number of Topliss-reactive ketones (excluding diaryl/α,β-unsaturated/α-hetero) is 1. The fourth-order valence-electron chi connectivity index (χ4n) is 1.43. The maximum absolute atomic E-state index is 11.8. The van der Waals surface area contributed by atoms with Crippen LogP contribution >= 0.6 is 0 Å². The van der Waals surface area contributed by atoms with E-state index in [9.17, 15) is 19.1 Å². The van der Waals surface area contributed by atoms with Crippen LogP contribution < -0.4 is 0 Å². The molecule has 1 unspecified atom stereocenters. The van der Waals surface area contributed by atoms with Crippen LogP contribution in [-0.4, -0.2) is 26.4 Å². The number of nitrogens with zero attached hydrogens (tertiary/aromatic N) is 1. The lowest BCUT2D eigenvalue weighted by molar-refractivity contribution is -0.384. The maximum atomic E-state index is 11.8. The van der Waals surface area contributed by atoms with Gasteiger partial charge in [0.1, 0.15) is 0 Å². The third-order valence-electron chi connectivity index (χ3n) is 2.21. The second-order valence-corrected chi connectivity index (χ2v) is 5.87. The van der Waals surface area contributed by atoms with E-state index in [-0.39, 0.29) is 23.1 Å². The Morgan fingerprint density at radius 1 is 1.33 bits per heavy atom. The van der Waals surface area contributed by atoms with Gasteiger partial charge < -0.3 is 0 Å². The first-order valence-electron chi connectivity index (χ1n) is 5.52. The minimum absolute atomic E-state index is 0.0318. The van der Waals surface area contributed by atoms with E-state index in [1.165, 1.54) is 24.3 Å². The zero-order valence-corrected chi connectivity index (χ0v) is 11.1. The summed E-state index contributed by atoms with van der Waals surface area (Å²) in [5, 5.41) is 10.5. The molecular formula is C12H15NO4S. The SMILES string of the molecule is CC(C)CS(=O)CC(=O)c1ccc([N+](=O)[O-])cc1. The topological polar surface area (TPSA) is 77.3 Å². The molecule has 0 amide bonds. The van der Waals surface area contributed by atoms with Crippen LogP contribution in [0, 0.1) is 16.0 Å². The van der Waals surface area contributed by atoms with Gasteiger partial charge in [-0.15, -0.1) is 0 Å². The molecule has 1 atom stereocenters. The van der Waals surface area contributed by atoms with Crippen molar-refractivity contribution in [3.8, 4) is 0 Å². The highest BCUT2D eigenvalue weighted by atomic mass is 32.2. The normalized spacial score (nSPS) is 12.4. The fourth-order valence-corrected chi connectivity index (χ4v) is 2.75. The van der Waals surface area contributed by atoms with E-state index in [0.29, 0.717) is 11.3 Å². The standard InChI is InChI=1S/C12H15NO4S/c1-9(2)7-18(17)8-12(14)10-3-5-11(6-4-10)13(15)16/h3-6,9H,7-8H2,1-2H3. The van der Waals surface area contributed by atoms with Gasteiger partial charge in [-0.25, -0.2) is 0 Å². The van der Waals surface area contributed by atoms with Gasteiger partial charge in [0.25, 0.3) is 5.69 Å². The Labute approximate surface area is 108 Å². The van der Waals surface area contributed by atoms with Gasteiger partial charge in [-0.1, -0.05) is 13.8 Å². The number of benzene rings is 1. The Morgan fingerprint density at radius 2 is 1.89 bits per heavy atom. The molecule has 1 rings (SSSR count). The molecule has 0 aliphatic rings. The Kier molecular flexibility index (Phi) is 5.15. The van der Waals surface area contributed by atoms with Gasteiger partial charge in [-0.3, -0.25) is 19.1 Å². The molecule has 0 aromatic heterocycles. The molecule has 18 heavy (non-hydrogen) atoms. The Bertz CT molecular complexity index is 467. The van der Waals surface area contributed by atoms with Gasteiger partial charge in [-0.2, -0.15) is 0 Å². The number of non-ortho nitro benzene ring substituents is 1. The van der Waals surface area contributed by atoms with Crippen LogP contribution in [0.4, 0.5) is 5.69 Å². The van der Waals surface area contributed by atoms with E-state index in [4.69, 9.17) is 0 Å². The lowest BCUT2D eigenvalue weighted by Gasteiger charge is -2.04. The number of ketones is 1. The van der Waals surface area contributed by atoms with E-state index >= 15 is 0 Å². The van der Waals surface area contributed by atoms with Crippen LogP contribution in [0.3, 0.4) is 0 Å². The van der Waals surface area contributed by atoms with Crippen molar-refractivity contribution >= 4 is 22.3 Å². The van der Waals surface area contributed by atoms with Crippen LogP contribution in [0.1, 0.15) is 24.2 Å². The lowest BCUT2D eigenvalue weighted by atomic mass is 10.1. The summed E-state index contributed by atoms with van der Waals surface area (Å²) in [5.41, 5.74) is 0.299. The Hall–Kier alpha value is -1.56. The Balaban J connectivity index is 2.67. The molecule has 0 bridgehead atoms. The number of carbonyl (C=O) groups is 1. The van der Waals surface area contributed by atoms with Gasteiger partial charge in [0, 0.05) is 34.2 Å². The van der Waals surface area contributed by atoms with Gasteiger partial charge in [0.2, 0.25) is 0 Å². The molecule has 5 nitrogen and oxygen atoms in total. The summed E-state index contributed by atoms with van der Waals surface area (Å²) in [6.07, 6.45) is 0. The van der Waals surface area contributed by atoms with E-state index in [0.717, 1.165) is 0 Å². The van der Waals surface area contributed by atoms with Gasteiger partial charge in [-0.05, 0) is 18.1 Å². The molecule has 0 spiro atoms. The predicted molar refractivity (Wildman–Crippen MR) is 70.1 cm³/mol. The Morgan fingerprint density at radius 3 is 2.33 bits per heavy atom. The number of nitro groups is 1. The van der Waals surface area contributed by atoms with E-state index in [1.807, 2.05) is 13.8 Å². The number of hydrogen-bond donors (Lipinski definition) is 0. The summed E-state index contributed by atoms with van der Waals surface area (Å²) in [4.78, 5) is 21.7. The maximum Gasteiger partial charge on any atom is 0.269 e. The van der Waals surface area contributed by atoms with Gasteiger partial charge in [0.15, 0.2) is 5.78 Å². The van der Waals surface area contributed by atoms with Crippen LogP contribution in [-0.2, 0) is 10.8 Å². The summed E-state index contributed by atoms with van der Waals surface area (Å²) in [6, 6.07) is 5.34. The van der Waals surface area contributed by atoms with Crippen molar-refractivity contribution in [2.45, 2.75) is 13.8 Å². The van der Waals surface area contributed by atoms with E-state index < -0.39 is 15.7 Å². The van der Waals surface area contributed by atoms with E-state index in [1.54, 1.807) is 0 Å². The third kappa shape index (κ3) is 4.37. The quantitative estimate of drug-likeness (QED) is 0.450. The second-order valence-electron chi connectivity index (χ2n) is 4.37. The number of nitro benzene ring substituents is 1. The van der Waals surface area contributed by atoms with Crippen molar-refractivity contribution < 1.29 is 13.9 Å². The largest absolute Gasteiger partial charge is 0.293 e. The van der Waals surface area contributed by atoms with Gasteiger partial charge in [0.05, 0.1) is 10.7 Å². The van der Waals surface area contributed by atoms with Crippen molar-refractivity contribution in [2.75, 3.05) is 11.5 Å². The fraction of sp³-hybridized carbons (Fsp3) is 0.417. The minimum Gasteiger partial charge on any atom is -0.293 e. The monoisotopic (exact) mass is 269 g/mol. The zero-order chi connectivity index (χ0) is 13.7. The smallest absolute Gasteiger partial charge is 0.269 e. The summed E-state index contributed by atoms with van der Waals surface area (Å²) in [7, 11) is -1.18. The van der Waals surface area contributed by atoms with Crippen LogP contribution in [0.15, 0.2) is 24.3 Å². The van der Waals surface area contributed by atoms with E-state index in [2.05, 4.69) is 0 Å². The van der Waals surface area contributed by atoms with Crippen LogP contribution in [0.2, 0.25) is 0 Å². The molecule has 1 aromatic carbocycles. The van der Waals surface area contributed by atoms with Crippen molar-refractivity contribution in [3.05, 3.63) is 39.9 Å². The molecule has 98 valence electrons. The average molecular weight is 269 g/mol.